The Hall–Kier alpha value is -0.870. The van der Waals surface area contributed by atoms with Crippen LogP contribution in [0.25, 0.3) is 0 Å². The summed E-state index contributed by atoms with van der Waals surface area (Å²) < 4.78 is 24.3. The van der Waals surface area contributed by atoms with Gasteiger partial charge in [-0.3, -0.25) is 4.79 Å². The van der Waals surface area contributed by atoms with E-state index < -0.39 is 9.84 Å². The van der Waals surface area contributed by atoms with Crippen LogP contribution in [0.3, 0.4) is 0 Å². The fourth-order valence-corrected chi connectivity index (χ4v) is 6.17. The van der Waals surface area contributed by atoms with Crippen LogP contribution in [-0.4, -0.2) is 65.8 Å². The van der Waals surface area contributed by atoms with E-state index in [0.29, 0.717) is 13.0 Å². The number of anilines is 1. The maximum atomic E-state index is 12.7. The lowest BCUT2D eigenvalue weighted by Gasteiger charge is -2.28. The number of unbranched alkanes of at least 4 members (excludes halogenated alkanes) is 2. The van der Waals surface area contributed by atoms with Crippen LogP contribution >= 0.6 is 23.1 Å². The number of carbonyl (C=O) groups excluding carboxylic acids is 1. The molecule has 1 aromatic heterocycles. The molecule has 1 fully saturated rings. The van der Waals surface area contributed by atoms with Crippen molar-refractivity contribution in [2.75, 3.05) is 35.7 Å². The zero-order chi connectivity index (χ0) is 19.0. The van der Waals surface area contributed by atoms with E-state index in [9.17, 15) is 13.2 Å². The van der Waals surface area contributed by atoms with E-state index in [0.717, 1.165) is 41.7 Å². The lowest BCUT2D eigenvalue weighted by atomic mass is 10.2. The number of sulfone groups is 1. The first-order chi connectivity index (χ1) is 12.4. The van der Waals surface area contributed by atoms with Gasteiger partial charge in [-0.25, -0.2) is 8.42 Å². The highest BCUT2D eigenvalue weighted by molar-refractivity contribution is 8.01. The summed E-state index contributed by atoms with van der Waals surface area (Å²) in [5.74, 6) is 0.534. The highest BCUT2D eigenvalue weighted by Gasteiger charge is 2.34. The highest BCUT2D eigenvalue weighted by atomic mass is 32.2. The van der Waals surface area contributed by atoms with Crippen molar-refractivity contribution in [3.8, 4) is 0 Å². The molecular weight excluding hydrogens is 392 g/mol. The molecule has 1 amide bonds. The quantitative estimate of drug-likeness (QED) is 0.434. The molecule has 148 valence electrons. The first kappa shape index (κ1) is 21.4. The molecule has 1 aliphatic rings. The van der Waals surface area contributed by atoms with Gasteiger partial charge in [0.25, 0.3) is 0 Å². The smallest absolute Gasteiger partial charge is 0.233 e. The molecule has 10 heteroatoms. The Morgan fingerprint density at radius 2 is 2.08 bits per heavy atom. The number of nitrogens with zero attached hydrogens (tertiary/aromatic N) is 3. The van der Waals surface area contributed by atoms with E-state index in [2.05, 4.69) is 29.4 Å². The minimum Gasteiger partial charge on any atom is -0.360 e. The number of thioether (sulfide) groups is 1. The van der Waals surface area contributed by atoms with Crippen LogP contribution in [0, 0.1) is 0 Å². The Kier molecular flexibility index (Phi) is 8.62. The minimum atomic E-state index is -3.00. The van der Waals surface area contributed by atoms with Crippen LogP contribution in [-0.2, 0) is 14.6 Å². The topological polar surface area (TPSA) is 92.3 Å². The van der Waals surface area contributed by atoms with Gasteiger partial charge in [0.15, 0.2) is 14.2 Å². The number of carbonyl (C=O) groups is 1. The zero-order valence-corrected chi connectivity index (χ0v) is 17.9. The van der Waals surface area contributed by atoms with Gasteiger partial charge in [0, 0.05) is 19.1 Å². The maximum Gasteiger partial charge on any atom is 0.233 e. The van der Waals surface area contributed by atoms with Gasteiger partial charge in [0.05, 0.1) is 17.3 Å². The van der Waals surface area contributed by atoms with Crippen molar-refractivity contribution in [2.24, 2.45) is 0 Å². The fourth-order valence-electron chi connectivity index (χ4n) is 2.78. The summed E-state index contributed by atoms with van der Waals surface area (Å²) in [4.78, 5) is 14.5. The second kappa shape index (κ2) is 10.5. The van der Waals surface area contributed by atoms with Crippen LogP contribution in [0.1, 0.15) is 46.0 Å². The zero-order valence-electron chi connectivity index (χ0n) is 15.4. The van der Waals surface area contributed by atoms with Crippen LogP contribution in [0.4, 0.5) is 5.13 Å². The molecular formula is C16H28N4O3S3. The van der Waals surface area contributed by atoms with Crippen molar-refractivity contribution >= 4 is 44.0 Å². The largest absolute Gasteiger partial charge is 0.360 e. The third-order valence-electron chi connectivity index (χ3n) is 4.25. The average Bonchev–Trinajstić information content (AvgIpc) is 3.20. The molecule has 1 N–H and O–H groups in total. The molecule has 2 heterocycles. The van der Waals surface area contributed by atoms with Crippen molar-refractivity contribution in [1.29, 1.82) is 0 Å². The molecule has 2 rings (SSSR count). The molecule has 0 saturated carbocycles. The van der Waals surface area contributed by atoms with Gasteiger partial charge < -0.3 is 10.2 Å². The summed E-state index contributed by atoms with van der Waals surface area (Å²) in [6, 6.07) is -0.180. The lowest BCUT2D eigenvalue weighted by Crippen LogP contribution is -2.42. The van der Waals surface area contributed by atoms with E-state index in [-0.39, 0.29) is 29.2 Å². The summed E-state index contributed by atoms with van der Waals surface area (Å²) in [7, 11) is -3.00. The molecule has 1 saturated heterocycles. The first-order valence-corrected chi connectivity index (χ1v) is 12.8. The van der Waals surface area contributed by atoms with Crippen LogP contribution in [0.15, 0.2) is 4.34 Å². The Balaban J connectivity index is 1.88. The summed E-state index contributed by atoms with van der Waals surface area (Å²) >= 11 is 2.82. The Bertz CT molecular complexity index is 678. The van der Waals surface area contributed by atoms with Crippen LogP contribution in [0.2, 0.25) is 0 Å². The lowest BCUT2D eigenvalue weighted by molar-refractivity contribution is -0.130. The molecule has 26 heavy (non-hydrogen) atoms. The summed E-state index contributed by atoms with van der Waals surface area (Å²) in [6.45, 7) is 5.69. The monoisotopic (exact) mass is 420 g/mol. The predicted molar refractivity (Wildman–Crippen MR) is 108 cm³/mol. The highest BCUT2D eigenvalue weighted by Crippen LogP contribution is 2.27. The van der Waals surface area contributed by atoms with Crippen LogP contribution < -0.4 is 5.32 Å². The normalized spacial score (nSPS) is 18.8. The minimum absolute atomic E-state index is 0.0127. The van der Waals surface area contributed by atoms with E-state index >= 15 is 0 Å². The van der Waals surface area contributed by atoms with E-state index in [1.807, 2.05) is 0 Å². The van der Waals surface area contributed by atoms with Crippen molar-refractivity contribution in [1.82, 2.24) is 15.1 Å². The first-order valence-electron chi connectivity index (χ1n) is 9.15. The van der Waals surface area contributed by atoms with Crippen molar-refractivity contribution < 1.29 is 13.2 Å². The second-order valence-corrected chi connectivity index (χ2v) is 10.9. The van der Waals surface area contributed by atoms with E-state index in [4.69, 9.17) is 0 Å². The third kappa shape index (κ3) is 6.70. The number of amides is 1. The van der Waals surface area contributed by atoms with Crippen molar-refractivity contribution in [3.05, 3.63) is 0 Å². The standard InChI is InChI=1S/C16H28N4O3S3/c1-3-5-8-17-15-18-19-16(25-15)24-11-14(21)20(9-6-4-2)13-7-10-26(22,23)12-13/h13H,3-12H2,1-2H3,(H,17,18). The van der Waals surface area contributed by atoms with E-state index in [1.165, 1.54) is 23.1 Å². The third-order valence-corrected chi connectivity index (χ3v) is 8.00. The van der Waals surface area contributed by atoms with Gasteiger partial charge in [-0.2, -0.15) is 0 Å². The van der Waals surface area contributed by atoms with Gasteiger partial charge in [-0.05, 0) is 19.3 Å². The molecule has 0 radical (unpaired) electrons. The number of aromatic nitrogens is 2. The van der Waals surface area contributed by atoms with Gasteiger partial charge >= 0.3 is 0 Å². The summed E-state index contributed by atoms with van der Waals surface area (Å²) in [5, 5.41) is 12.2. The number of nitrogens with one attached hydrogen (secondary N) is 1. The SMILES string of the molecule is CCCCNc1nnc(SCC(=O)N(CCCC)C2CCS(=O)(=O)C2)s1. The van der Waals surface area contributed by atoms with Crippen molar-refractivity contribution in [3.63, 3.8) is 0 Å². The van der Waals surface area contributed by atoms with Gasteiger partial charge in [0.1, 0.15) is 0 Å². The fraction of sp³-hybridized carbons (Fsp3) is 0.812. The van der Waals surface area contributed by atoms with E-state index in [1.54, 1.807) is 4.90 Å². The molecule has 0 aromatic carbocycles. The number of hydrogen-bond acceptors (Lipinski definition) is 8. The predicted octanol–water partition coefficient (Wildman–Crippen LogP) is 2.66. The van der Waals surface area contributed by atoms with Crippen molar-refractivity contribution in [2.45, 2.75) is 56.3 Å². The molecule has 1 aromatic rings. The summed E-state index contributed by atoms with van der Waals surface area (Å²) in [5.41, 5.74) is 0. The Morgan fingerprint density at radius 1 is 1.31 bits per heavy atom. The van der Waals surface area contributed by atoms with Crippen LogP contribution in [0.5, 0.6) is 0 Å². The molecule has 0 bridgehead atoms. The summed E-state index contributed by atoms with van der Waals surface area (Å²) in [6.07, 6.45) is 4.60. The van der Waals surface area contributed by atoms with Gasteiger partial charge in [0.2, 0.25) is 11.0 Å². The van der Waals surface area contributed by atoms with Gasteiger partial charge in [-0.1, -0.05) is 49.8 Å². The molecule has 1 unspecified atom stereocenters. The second-order valence-electron chi connectivity index (χ2n) is 6.44. The molecule has 0 aliphatic carbocycles. The molecule has 7 nitrogen and oxygen atoms in total. The Labute approximate surface area is 164 Å². The maximum absolute atomic E-state index is 12.7. The molecule has 0 spiro atoms. The van der Waals surface area contributed by atoms with Gasteiger partial charge in [-0.15, -0.1) is 10.2 Å². The molecule has 1 aliphatic heterocycles. The molecule has 1 atom stereocenters. The average molecular weight is 421 g/mol. The number of rotatable bonds is 11. The number of hydrogen-bond donors (Lipinski definition) is 1. The Morgan fingerprint density at radius 3 is 2.73 bits per heavy atom.